The number of rotatable bonds is 4. The Hall–Kier alpha value is -2.96. The molecule has 0 saturated heterocycles. The second kappa shape index (κ2) is 5.58. The summed E-state index contributed by atoms with van der Waals surface area (Å²) < 4.78 is 5.59. The first-order valence-corrected chi connectivity index (χ1v) is 6.13. The highest BCUT2D eigenvalue weighted by Crippen LogP contribution is 2.28. The third-order valence-corrected chi connectivity index (χ3v) is 2.82. The fourth-order valence-electron chi connectivity index (χ4n) is 1.98. The molecule has 0 amide bonds. The highest BCUT2D eigenvalue weighted by Gasteiger charge is 2.15. The van der Waals surface area contributed by atoms with Gasteiger partial charge in [0.15, 0.2) is 0 Å². The van der Waals surface area contributed by atoms with E-state index in [2.05, 4.69) is 4.98 Å². The quantitative estimate of drug-likeness (QED) is 0.388. The summed E-state index contributed by atoms with van der Waals surface area (Å²) in [5.41, 5.74) is 7.32. The highest BCUT2D eigenvalue weighted by atomic mass is 16.6. The number of nitrogens with two attached hydrogens (primary N) is 1. The summed E-state index contributed by atoms with van der Waals surface area (Å²) in [5.74, 6) is 0.269. The molecule has 0 aliphatic heterocycles. The number of nitro groups is 1. The van der Waals surface area contributed by atoms with Crippen molar-refractivity contribution < 1.29 is 9.66 Å². The number of pyridine rings is 1. The van der Waals surface area contributed by atoms with Gasteiger partial charge in [0.05, 0.1) is 16.6 Å². The first kappa shape index (κ1) is 14.4. The number of non-ortho nitro benzene ring substituents is 1. The molecule has 2 aromatic rings. The van der Waals surface area contributed by atoms with Crippen LogP contribution in [0, 0.1) is 29.4 Å². The lowest BCUT2D eigenvalue weighted by Crippen LogP contribution is -2.15. The molecule has 7 nitrogen and oxygen atoms in total. The average Bonchev–Trinajstić information content (AvgIpc) is 2.37. The Bertz CT molecular complexity index is 728. The zero-order valence-corrected chi connectivity index (χ0v) is 11.6. The zero-order valence-electron chi connectivity index (χ0n) is 11.6. The van der Waals surface area contributed by atoms with Crippen molar-refractivity contribution in [1.82, 2.24) is 4.98 Å². The molecule has 2 rings (SSSR count). The van der Waals surface area contributed by atoms with Crippen LogP contribution in [-0.2, 0) is 0 Å². The number of ether oxygens (including phenoxy) is 1. The minimum atomic E-state index is -0.506. The van der Waals surface area contributed by atoms with E-state index in [1.807, 2.05) is 0 Å². The molecule has 3 N–H and O–H groups in total. The summed E-state index contributed by atoms with van der Waals surface area (Å²) in [7, 11) is 0. The van der Waals surface area contributed by atoms with Crippen molar-refractivity contribution in [2.24, 2.45) is 5.73 Å². The Labute approximate surface area is 121 Å². The molecule has 7 heteroatoms. The molecule has 0 atom stereocenters. The van der Waals surface area contributed by atoms with Crippen molar-refractivity contribution in [3.8, 4) is 11.6 Å². The lowest BCUT2D eigenvalue weighted by Gasteiger charge is -2.12. The van der Waals surface area contributed by atoms with Crippen LogP contribution in [0.5, 0.6) is 11.6 Å². The van der Waals surface area contributed by atoms with Gasteiger partial charge >= 0.3 is 0 Å². The number of nitrogens with one attached hydrogen (secondary N) is 1. The van der Waals surface area contributed by atoms with Gasteiger partial charge in [0.1, 0.15) is 11.6 Å². The third-order valence-electron chi connectivity index (χ3n) is 2.82. The van der Waals surface area contributed by atoms with Gasteiger partial charge in [-0.15, -0.1) is 0 Å². The van der Waals surface area contributed by atoms with E-state index in [-0.39, 0.29) is 23.2 Å². The number of hydrogen-bond donors (Lipinski definition) is 2. The lowest BCUT2D eigenvalue weighted by molar-refractivity contribution is -0.384. The predicted molar refractivity (Wildman–Crippen MR) is 77.9 cm³/mol. The summed E-state index contributed by atoms with van der Waals surface area (Å²) in [6.07, 6.45) is 0. The maximum atomic E-state index is 10.8. The van der Waals surface area contributed by atoms with Crippen LogP contribution in [0.4, 0.5) is 5.69 Å². The van der Waals surface area contributed by atoms with Gasteiger partial charge in [-0.25, -0.2) is 4.98 Å². The summed E-state index contributed by atoms with van der Waals surface area (Å²) >= 11 is 0. The van der Waals surface area contributed by atoms with E-state index in [0.717, 1.165) is 5.56 Å². The van der Waals surface area contributed by atoms with Crippen LogP contribution in [0.25, 0.3) is 0 Å². The van der Waals surface area contributed by atoms with E-state index in [1.165, 1.54) is 18.2 Å². The number of aryl methyl sites for hydroxylation is 2. The zero-order chi connectivity index (χ0) is 15.6. The molecule has 0 fully saturated rings. The van der Waals surface area contributed by atoms with E-state index in [9.17, 15) is 10.1 Å². The predicted octanol–water partition coefficient (Wildman–Crippen LogP) is 2.68. The summed E-state index contributed by atoms with van der Waals surface area (Å²) in [6, 6.07) is 7.55. The number of nitrogen functional groups attached to an aromatic ring is 1. The number of hydrogen-bond acceptors (Lipinski definition) is 5. The van der Waals surface area contributed by atoms with Crippen molar-refractivity contribution in [1.29, 1.82) is 5.41 Å². The van der Waals surface area contributed by atoms with Gasteiger partial charge in [-0.05, 0) is 31.5 Å². The monoisotopic (exact) mass is 286 g/mol. The first-order chi connectivity index (χ1) is 9.88. The lowest BCUT2D eigenvalue weighted by atomic mass is 10.1. The normalized spacial score (nSPS) is 10.2. The SMILES string of the molecule is Cc1cc(C)c(C(=N)N)c(Oc2cccc([N+](=O)[O-])c2)n1. The molecule has 0 aliphatic carbocycles. The Morgan fingerprint density at radius 2 is 2.10 bits per heavy atom. The molecule has 108 valence electrons. The van der Waals surface area contributed by atoms with E-state index in [0.29, 0.717) is 11.3 Å². The molecular formula is C14H14N4O3. The summed E-state index contributed by atoms with van der Waals surface area (Å²) in [6.45, 7) is 3.59. The molecule has 0 unspecified atom stereocenters. The fourth-order valence-corrected chi connectivity index (χ4v) is 1.98. The van der Waals surface area contributed by atoms with Crippen LogP contribution in [-0.4, -0.2) is 15.7 Å². The van der Waals surface area contributed by atoms with Crippen LogP contribution in [0.2, 0.25) is 0 Å². The van der Waals surface area contributed by atoms with Gasteiger partial charge < -0.3 is 10.5 Å². The number of aromatic nitrogens is 1. The fraction of sp³-hybridized carbons (Fsp3) is 0.143. The molecule has 21 heavy (non-hydrogen) atoms. The molecule has 0 bridgehead atoms. The number of benzene rings is 1. The van der Waals surface area contributed by atoms with Gasteiger partial charge in [0.2, 0.25) is 5.88 Å². The van der Waals surface area contributed by atoms with Crippen molar-refractivity contribution in [3.05, 3.63) is 57.3 Å². The number of nitrogens with zero attached hydrogens (tertiary/aromatic N) is 2. The molecule has 0 radical (unpaired) electrons. The molecule has 1 aromatic carbocycles. The third kappa shape index (κ3) is 3.14. The van der Waals surface area contributed by atoms with Crippen LogP contribution < -0.4 is 10.5 Å². The highest BCUT2D eigenvalue weighted by molar-refractivity contribution is 5.98. The van der Waals surface area contributed by atoms with E-state index in [4.69, 9.17) is 15.9 Å². The van der Waals surface area contributed by atoms with Crippen molar-refractivity contribution in [3.63, 3.8) is 0 Å². The second-order valence-corrected chi connectivity index (χ2v) is 4.53. The largest absolute Gasteiger partial charge is 0.438 e. The van der Waals surface area contributed by atoms with E-state index >= 15 is 0 Å². The maximum absolute atomic E-state index is 10.8. The average molecular weight is 286 g/mol. The van der Waals surface area contributed by atoms with E-state index < -0.39 is 4.92 Å². The molecule has 1 heterocycles. The molecule has 0 saturated carbocycles. The summed E-state index contributed by atoms with van der Waals surface area (Å²) in [4.78, 5) is 14.5. The van der Waals surface area contributed by atoms with Gasteiger partial charge in [-0.1, -0.05) is 6.07 Å². The van der Waals surface area contributed by atoms with Gasteiger partial charge in [0.25, 0.3) is 5.69 Å². The Morgan fingerprint density at radius 1 is 1.38 bits per heavy atom. The molecule has 0 spiro atoms. The number of nitro benzene ring substituents is 1. The van der Waals surface area contributed by atoms with Crippen molar-refractivity contribution in [2.45, 2.75) is 13.8 Å². The van der Waals surface area contributed by atoms with Crippen molar-refractivity contribution in [2.75, 3.05) is 0 Å². The van der Waals surface area contributed by atoms with Gasteiger partial charge in [-0.2, -0.15) is 0 Å². The molecular weight excluding hydrogens is 272 g/mol. The van der Waals surface area contributed by atoms with Crippen LogP contribution in [0.1, 0.15) is 16.8 Å². The van der Waals surface area contributed by atoms with Crippen LogP contribution in [0.15, 0.2) is 30.3 Å². The Morgan fingerprint density at radius 3 is 2.71 bits per heavy atom. The van der Waals surface area contributed by atoms with Crippen molar-refractivity contribution >= 4 is 11.5 Å². The first-order valence-electron chi connectivity index (χ1n) is 6.13. The Balaban J connectivity index is 2.46. The minimum absolute atomic E-state index is 0.0822. The summed E-state index contributed by atoms with van der Waals surface area (Å²) in [5, 5.41) is 18.4. The van der Waals surface area contributed by atoms with Gasteiger partial charge in [0, 0.05) is 11.8 Å². The Kier molecular flexibility index (Phi) is 3.84. The second-order valence-electron chi connectivity index (χ2n) is 4.53. The van der Waals surface area contributed by atoms with Crippen LogP contribution >= 0.6 is 0 Å². The standard InChI is InChI=1S/C14H14N4O3/c1-8-6-9(2)17-14(12(8)13(15)16)21-11-5-3-4-10(7-11)18(19)20/h3-7H,1-2H3,(H3,15,16). The number of amidine groups is 1. The molecule has 0 aliphatic rings. The van der Waals surface area contributed by atoms with Gasteiger partial charge in [-0.3, -0.25) is 15.5 Å². The molecule has 1 aromatic heterocycles. The smallest absolute Gasteiger partial charge is 0.273 e. The minimum Gasteiger partial charge on any atom is -0.438 e. The maximum Gasteiger partial charge on any atom is 0.273 e. The van der Waals surface area contributed by atoms with Crippen LogP contribution in [0.3, 0.4) is 0 Å². The van der Waals surface area contributed by atoms with E-state index in [1.54, 1.807) is 26.0 Å². The topological polar surface area (TPSA) is 115 Å².